The van der Waals surface area contributed by atoms with Crippen LogP contribution in [0, 0.1) is 12.8 Å². The van der Waals surface area contributed by atoms with E-state index in [0.29, 0.717) is 5.82 Å². The van der Waals surface area contributed by atoms with Crippen LogP contribution in [0.4, 0.5) is 17.2 Å². The highest BCUT2D eigenvalue weighted by Gasteiger charge is 2.29. The van der Waals surface area contributed by atoms with Crippen LogP contribution in [0.3, 0.4) is 0 Å². The summed E-state index contributed by atoms with van der Waals surface area (Å²) in [5, 5.41) is 6.10. The van der Waals surface area contributed by atoms with Crippen LogP contribution in [-0.2, 0) is 4.79 Å². The molecule has 1 aromatic carbocycles. The van der Waals surface area contributed by atoms with E-state index in [1.54, 1.807) is 6.20 Å². The van der Waals surface area contributed by atoms with Crippen LogP contribution < -0.4 is 10.6 Å². The Morgan fingerprint density at radius 1 is 1.10 bits per heavy atom. The summed E-state index contributed by atoms with van der Waals surface area (Å²) < 4.78 is 0. The Bertz CT molecular complexity index is 601. The van der Waals surface area contributed by atoms with Crippen molar-refractivity contribution in [3.8, 4) is 0 Å². The number of anilines is 3. The fourth-order valence-corrected chi connectivity index (χ4v) is 1.92. The maximum atomic E-state index is 11.6. The van der Waals surface area contributed by atoms with Gasteiger partial charge in [0.2, 0.25) is 5.91 Å². The minimum absolute atomic E-state index is 0.0803. The maximum Gasteiger partial charge on any atom is 0.228 e. The van der Waals surface area contributed by atoms with Crippen LogP contribution in [0.1, 0.15) is 18.4 Å². The third-order valence-corrected chi connectivity index (χ3v) is 3.30. The monoisotopic (exact) mass is 267 g/mol. The standard InChI is InChI=1S/C16H17N3O/c1-11-2-6-13(7-3-11)18-14-8-9-15(17-10-14)19-16(20)12-4-5-12/h2-3,6-10,12,18H,4-5H2,1H3,(H,17,19,20). The van der Waals surface area contributed by atoms with Gasteiger partial charge in [0, 0.05) is 11.6 Å². The van der Waals surface area contributed by atoms with Crippen LogP contribution >= 0.6 is 0 Å². The number of hydrogen-bond acceptors (Lipinski definition) is 3. The number of aryl methyl sites for hydroxylation is 1. The zero-order valence-electron chi connectivity index (χ0n) is 11.4. The van der Waals surface area contributed by atoms with Crippen molar-refractivity contribution in [3.05, 3.63) is 48.2 Å². The van der Waals surface area contributed by atoms with Gasteiger partial charge < -0.3 is 10.6 Å². The van der Waals surface area contributed by atoms with E-state index < -0.39 is 0 Å². The molecule has 0 bridgehead atoms. The van der Waals surface area contributed by atoms with Crippen molar-refractivity contribution in [2.24, 2.45) is 5.92 Å². The fourth-order valence-electron chi connectivity index (χ4n) is 1.92. The summed E-state index contributed by atoms with van der Waals surface area (Å²) in [6.45, 7) is 2.06. The largest absolute Gasteiger partial charge is 0.354 e. The van der Waals surface area contributed by atoms with Gasteiger partial charge in [-0.15, -0.1) is 0 Å². The second kappa shape index (κ2) is 5.33. The van der Waals surface area contributed by atoms with Gasteiger partial charge in [-0.3, -0.25) is 4.79 Å². The van der Waals surface area contributed by atoms with Gasteiger partial charge in [-0.2, -0.15) is 0 Å². The van der Waals surface area contributed by atoms with E-state index in [1.165, 1.54) is 5.56 Å². The lowest BCUT2D eigenvalue weighted by Gasteiger charge is -2.08. The summed E-state index contributed by atoms with van der Waals surface area (Å²) in [5.41, 5.74) is 3.15. The van der Waals surface area contributed by atoms with E-state index in [9.17, 15) is 4.79 Å². The number of amides is 1. The van der Waals surface area contributed by atoms with Gasteiger partial charge in [-0.25, -0.2) is 4.98 Å². The predicted octanol–water partition coefficient (Wildman–Crippen LogP) is 3.48. The first-order valence-electron chi connectivity index (χ1n) is 6.81. The second-order valence-electron chi connectivity index (χ2n) is 5.19. The van der Waals surface area contributed by atoms with Crippen molar-refractivity contribution in [2.75, 3.05) is 10.6 Å². The smallest absolute Gasteiger partial charge is 0.228 e. The summed E-state index contributed by atoms with van der Waals surface area (Å²) in [4.78, 5) is 15.9. The van der Waals surface area contributed by atoms with E-state index >= 15 is 0 Å². The van der Waals surface area contributed by atoms with E-state index in [0.717, 1.165) is 24.2 Å². The number of aromatic nitrogens is 1. The third-order valence-electron chi connectivity index (χ3n) is 3.30. The molecule has 1 amide bonds. The first-order valence-corrected chi connectivity index (χ1v) is 6.81. The van der Waals surface area contributed by atoms with Crippen molar-refractivity contribution in [3.63, 3.8) is 0 Å². The number of carbonyl (C=O) groups excluding carboxylic acids is 1. The molecular formula is C16H17N3O. The average Bonchev–Trinajstić information content (AvgIpc) is 3.28. The Morgan fingerprint density at radius 2 is 1.80 bits per heavy atom. The normalized spacial score (nSPS) is 13.8. The van der Waals surface area contributed by atoms with Crippen LogP contribution in [0.5, 0.6) is 0 Å². The molecule has 4 heteroatoms. The molecule has 20 heavy (non-hydrogen) atoms. The second-order valence-corrected chi connectivity index (χ2v) is 5.19. The van der Waals surface area contributed by atoms with Gasteiger partial charge in [-0.1, -0.05) is 17.7 Å². The lowest BCUT2D eigenvalue weighted by atomic mass is 10.2. The highest BCUT2D eigenvalue weighted by atomic mass is 16.2. The number of benzene rings is 1. The lowest BCUT2D eigenvalue weighted by Crippen LogP contribution is -2.14. The molecule has 0 unspecified atom stereocenters. The van der Waals surface area contributed by atoms with Gasteiger partial charge in [0.25, 0.3) is 0 Å². The summed E-state index contributed by atoms with van der Waals surface area (Å²) in [5.74, 6) is 0.884. The topological polar surface area (TPSA) is 54.0 Å². The highest BCUT2D eigenvalue weighted by molar-refractivity contribution is 5.93. The van der Waals surface area contributed by atoms with Gasteiger partial charge in [0.1, 0.15) is 5.82 Å². The Labute approximate surface area is 118 Å². The van der Waals surface area contributed by atoms with Gasteiger partial charge in [-0.05, 0) is 44.0 Å². The minimum atomic E-state index is 0.0803. The lowest BCUT2D eigenvalue weighted by molar-refractivity contribution is -0.117. The number of hydrogen-bond donors (Lipinski definition) is 2. The summed E-state index contributed by atoms with van der Waals surface area (Å²) >= 11 is 0. The summed E-state index contributed by atoms with van der Waals surface area (Å²) in [6.07, 6.45) is 3.72. The van der Waals surface area contributed by atoms with Crippen LogP contribution in [0.25, 0.3) is 0 Å². The van der Waals surface area contributed by atoms with Crippen molar-refractivity contribution in [1.29, 1.82) is 0 Å². The molecule has 0 radical (unpaired) electrons. The van der Waals surface area contributed by atoms with Crippen molar-refractivity contribution in [1.82, 2.24) is 4.98 Å². The molecule has 1 fully saturated rings. The number of nitrogens with zero attached hydrogens (tertiary/aromatic N) is 1. The first kappa shape index (κ1) is 12.7. The van der Waals surface area contributed by atoms with Crippen LogP contribution in [0.2, 0.25) is 0 Å². The molecule has 1 aliphatic rings. The molecule has 1 aliphatic carbocycles. The summed E-state index contributed by atoms with van der Waals surface area (Å²) in [7, 11) is 0. The quantitative estimate of drug-likeness (QED) is 0.891. The molecule has 1 saturated carbocycles. The molecule has 4 nitrogen and oxygen atoms in total. The molecule has 2 aromatic rings. The van der Waals surface area contributed by atoms with E-state index in [-0.39, 0.29) is 11.8 Å². The molecule has 0 aliphatic heterocycles. The molecule has 2 N–H and O–H groups in total. The van der Waals surface area contributed by atoms with E-state index in [2.05, 4.69) is 34.7 Å². The van der Waals surface area contributed by atoms with Crippen molar-refractivity contribution >= 4 is 23.1 Å². The molecule has 0 atom stereocenters. The molecule has 102 valence electrons. The summed E-state index contributed by atoms with van der Waals surface area (Å²) in [6, 6.07) is 11.9. The van der Waals surface area contributed by atoms with E-state index in [1.807, 2.05) is 24.3 Å². The molecule has 1 aromatic heterocycles. The Balaban J connectivity index is 1.63. The molecule has 1 heterocycles. The van der Waals surface area contributed by atoms with Crippen LogP contribution in [0.15, 0.2) is 42.6 Å². The van der Waals surface area contributed by atoms with Gasteiger partial charge in [0.15, 0.2) is 0 Å². The Morgan fingerprint density at radius 3 is 2.40 bits per heavy atom. The zero-order chi connectivity index (χ0) is 13.9. The van der Waals surface area contributed by atoms with Crippen LogP contribution in [-0.4, -0.2) is 10.9 Å². The molecular weight excluding hydrogens is 250 g/mol. The van der Waals surface area contributed by atoms with E-state index in [4.69, 9.17) is 0 Å². The molecule has 3 rings (SSSR count). The number of carbonyl (C=O) groups is 1. The first-order chi connectivity index (χ1) is 9.70. The SMILES string of the molecule is Cc1ccc(Nc2ccc(NC(=O)C3CC3)nc2)cc1. The Kier molecular flexibility index (Phi) is 3.37. The van der Waals surface area contributed by atoms with Gasteiger partial charge >= 0.3 is 0 Å². The molecule has 0 spiro atoms. The van der Waals surface area contributed by atoms with Gasteiger partial charge in [0.05, 0.1) is 11.9 Å². The maximum absolute atomic E-state index is 11.6. The highest BCUT2D eigenvalue weighted by Crippen LogP contribution is 2.30. The number of nitrogens with one attached hydrogen (secondary N) is 2. The molecule has 0 saturated heterocycles. The average molecular weight is 267 g/mol. The number of pyridine rings is 1. The third kappa shape index (κ3) is 3.15. The zero-order valence-corrected chi connectivity index (χ0v) is 11.4. The minimum Gasteiger partial charge on any atom is -0.354 e. The number of rotatable bonds is 4. The van der Waals surface area contributed by atoms with Crippen molar-refractivity contribution in [2.45, 2.75) is 19.8 Å². The predicted molar refractivity (Wildman–Crippen MR) is 80.1 cm³/mol. The van der Waals surface area contributed by atoms with Crippen molar-refractivity contribution < 1.29 is 4.79 Å². The fraction of sp³-hybridized carbons (Fsp3) is 0.250. The Hall–Kier alpha value is -2.36.